The molecule has 0 aromatic heterocycles. The molecule has 3 heteroatoms. The molecular formula is C15H19O2P. The Hall–Kier alpha value is -0.850. The molecule has 1 aromatic rings. The number of ether oxygens (including phenoxy) is 1. The highest BCUT2D eigenvalue weighted by atomic mass is 31.0. The van der Waals surface area contributed by atoms with Crippen LogP contribution in [0, 0.1) is 5.41 Å². The molecule has 0 saturated heterocycles. The van der Waals surface area contributed by atoms with Crippen LogP contribution in [0.2, 0.25) is 0 Å². The molecule has 0 atom stereocenters. The van der Waals surface area contributed by atoms with Gasteiger partial charge in [-0.2, -0.15) is 0 Å². The third kappa shape index (κ3) is 1.79. The van der Waals surface area contributed by atoms with Crippen LogP contribution in [0.25, 0.3) is 0 Å². The lowest BCUT2D eigenvalue weighted by Crippen LogP contribution is -2.34. The van der Waals surface area contributed by atoms with Crippen LogP contribution >= 0.6 is 8.86 Å². The monoisotopic (exact) mass is 262 g/mol. The molecule has 2 aliphatic rings. The number of phenolic OH excluding ortho intramolecular Hbond substituents is 1. The van der Waals surface area contributed by atoms with E-state index in [9.17, 15) is 5.11 Å². The first kappa shape index (κ1) is 12.2. The van der Waals surface area contributed by atoms with Gasteiger partial charge >= 0.3 is 0 Å². The van der Waals surface area contributed by atoms with E-state index in [1.165, 1.54) is 29.3 Å². The molecule has 18 heavy (non-hydrogen) atoms. The maximum absolute atomic E-state index is 9.63. The van der Waals surface area contributed by atoms with Gasteiger partial charge in [-0.15, -0.1) is 8.86 Å². The molecule has 1 aromatic carbocycles. The molecule has 2 aliphatic carbocycles. The number of benzene rings is 1. The fourth-order valence-electron chi connectivity index (χ4n) is 3.50. The smallest absolute Gasteiger partial charge is 0.116 e. The Kier molecular flexibility index (Phi) is 2.96. The Morgan fingerprint density at radius 2 is 2.06 bits per heavy atom. The molecule has 0 unspecified atom stereocenters. The molecule has 0 amide bonds. The van der Waals surface area contributed by atoms with Crippen LogP contribution in [-0.2, 0) is 11.2 Å². The van der Waals surface area contributed by atoms with Gasteiger partial charge in [0.1, 0.15) is 5.75 Å². The molecule has 0 heterocycles. The summed E-state index contributed by atoms with van der Waals surface area (Å²) in [7, 11) is 5.66. The lowest BCUT2D eigenvalue weighted by molar-refractivity contribution is 0.0473. The predicted octanol–water partition coefficient (Wildman–Crippen LogP) is 3.19. The largest absolute Gasteiger partial charge is 0.508 e. The zero-order valence-electron chi connectivity index (χ0n) is 10.7. The second kappa shape index (κ2) is 4.36. The standard InChI is InChI=1S/C15H19O2P/c1-17-12-4-6-15(7-5-12)9-10-2-3-11(16)8-13(10)14(15)18/h2-3,8,12,16,18H,4-7,9H2,1H3. The van der Waals surface area contributed by atoms with Crippen LogP contribution in [0.4, 0.5) is 0 Å². The number of aromatic hydroxyl groups is 1. The van der Waals surface area contributed by atoms with Gasteiger partial charge < -0.3 is 9.84 Å². The third-order valence-electron chi connectivity index (χ3n) is 4.65. The van der Waals surface area contributed by atoms with Crippen molar-refractivity contribution in [3.63, 3.8) is 0 Å². The number of rotatable bonds is 1. The van der Waals surface area contributed by atoms with E-state index in [1.807, 2.05) is 13.2 Å². The summed E-state index contributed by atoms with van der Waals surface area (Å²) in [5.41, 5.74) is 2.80. The van der Waals surface area contributed by atoms with Gasteiger partial charge in [0.2, 0.25) is 0 Å². The lowest BCUT2D eigenvalue weighted by atomic mass is 9.71. The lowest BCUT2D eigenvalue weighted by Gasteiger charge is -2.37. The van der Waals surface area contributed by atoms with Crippen LogP contribution < -0.4 is 0 Å². The Labute approximate surface area is 110 Å². The number of fused-ring (bicyclic) bond motifs is 1. The zero-order chi connectivity index (χ0) is 12.8. The summed E-state index contributed by atoms with van der Waals surface area (Å²) in [6.45, 7) is 0. The van der Waals surface area contributed by atoms with Crippen molar-refractivity contribution in [2.75, 3.05) is 7.11 Å². The number of phenols is 1. The van der Waals surface area contributed by atoms with Crippen molar-refractivity contribution >= 4 is 14.2 Å². The Balaban J connectivity index is 1.88. The summed E-state index contributed by atoms with van der Waals surface area (Å²) < 4.78 is 5.46. The van der Waals surface area contributed by atoms with Gasteiger partial charge in [0.15, 0.2) is 0 Å². The van der Waals surface area contributed by atoms with Crippen molar-refractivity contribution in [3.05, 3.63) is 29.3 Å². The van der Waals surface area contributed by atoms with Crippen LogP contribution in [0.3, 0.4) is 0 Å². The van der Waals surface area contributed by atoms with Crippen LogP contribution in [-0.4, -0.2) is 23.6 Å². The first-order valence-electron chi connectivity index (χ1n) is 6.59. The average Bonchev–Trinajstić information content (AvgIpc) is 2.65. The summed E-state index contributed by atoms with van der Waals surface area (Å²) in [4.78, 5) is 0. The minimum Gasteiger partial charge on any atom is -0.508 e. The molecule has 0 radical (unpaired) electrons. The molecule has 1 saturated carbocycles. The molecule has 0 aliphatic heterocycles. The molecule has 3 rings (SSSR count). The van der Waals surface area contributed by atoms with Gasteiger partial charge in [-0.1, -0.05) is 6.07 Å². The molecule has 96 valence electrons. The van der Waals surface area contributed by atoms with E-state index in [1.54, 1.807) is 6.07 Å². The first-order valence-corrected chi connectivity index (χ1v) is 7.09. The Morgan fingerprint density at radius 3 is 2.72 bits per heavy atom. The van der Waals surface area contributed by atoms with Gasteiger partial charge in [-0.25, -0.2) is 0 Å². The topological polar surface area (TPSA) is 29.5 Å². The van der Waals surface area contributed by atoms with E-state index in [0.29, 0.717) is 11.9 Å². The van der Waals surface area contributed by atoms with E-state index in [2.05, 4.69) is 14.9 Å². The quantitative estimate of drug-likeness (QED) is 0.788. The van der Waals surface area contributed by atoms with Gasteiger partial charge in [0, 0.05) is 12.5 Å². The maximum atomic E-state index is 9.63. The van der Waals surface area contributed by atoms with Crippen molar-refractivity contribution < 1.29 is 9.84 Å². The van der Waals surface area contributed by atoms with Crippen molar-refractivity contribution in [1.82, 2.24) is 0 Å². The fourth-order valence-corrected chi connectivity index (χ4v) is 4.07. The van der Waals surface area contributed by atoms with Crippen molar-refractivity contribution in [2.45, 2.75) is 38.2 Å². The fraction of sp³-hybridized carbons (Fsp3) is 0.533. The second-order valence-corrected chi connectivity index (χ2v) is 6.11. The minimum absolute atomic E-state index is 0.252. The van der Waals surface area contributed by atoms with E-state index < -0.39 is 0 Å². The highest BCUT2D eigenvalue weighted by Gasteiger charge is 2.43. The van der Waals surface area contributed by atoms with Gasteiger partial charge in [-0.05, 0) is 60.7 Å². The molecule has 0 bridgehead atoms. The van der Waals surface area contributed by atoms with Crippen molar-refractivity contribution in [2.24, 2.45) is 5.41 Å². The van der Waals surface area contributed by atoms with Gasteiger partial charge in [0.05, 0.1) is 6.10 Å². The van der Waals surface area contributed by atoms with E-state index >= 15 is 0 Å². The first-order chi connectivity index (χ1) is 8.64. The summed E-state index contributed by atoms with van der Waals surface area (Å²) in [6, 6.07) is 5.73. The Bertz CT molecular complexity index is 487. The Morgan fingerprint density at radius 1 is 1.33 bits per heavy atom. The van der Waals surface area contributed by atoms with Crippen LogP contribution in [0.15, 0.2) is 18.2 Å². The zero-order valence-corrected chi connectivity index (χ0v) is 11.7. The highest BCUT2D eigenvalue weighted by molar-refractivity contribution is 7.22. The summed E-state index contributed by atoms with van der Waals surface area (Å²) in [5, 5.41) is 10.9. The number of hydrogen-bond donors (Lipinski definition) is 1. The van der Waals surface area contributed by atoms with E-state index in [-0.39, 0.29) is 5.41 Å². The minimum atomic E-state index is 0.252. The molecular weight excluding hydrogens is 243 g/mol. The summed E-state index contributed by atoms with van der Waals surface area (Å²) >= 11 is 0. The van der Waals surface area contributed by atoms with E-state index in [4.69, 9.17) is 4.74 Å². The normalized spacial score (nSPS) is 30.7. The molecule has 1 fully saturated rings. The average molecular weight is 262 g/mol. The molecule has 1 spiro atoms. The summed E-state index contributed by atoms with van der Waals surface area (Å²) in [6.07, 6.45) is 6.11. The number of hydrogen-bond acceptors (Lipinski definition) is 2. The van der Waals surface area contributed by atoms with Crippen LogP contribution in [0.5, 0.6) is 5.75 Å². The number of methoxy groups -OCH3 is 1. The van der Waals surface area contributed by atoms with Crippen molar-refractivity contribution in [1.29, 1.82) is 0 Å². The van der Waals surface area contributed by atoms with Crippen LogP contribution in [0.1, 0.15) is 36.8 Å². The summed E-state index contributed by atoms with van der Waals surface area (Å²) in [5.74, 6) is 0.354. The molecule has 1 N–H and O–H groups in total. The van der Waals surface area contributed by atoms with E-state index in [0.717, 1.165) is 19.3 Å². The third-order valence-corrected chi connectivity index (χ3v) is 5.44. The van der Waals surface area contributed by atoms with Gasteiger partial charge in [-0.3, -0.25) is 0 Å². The highest BCUT2D eigenvalue weighted by Crippen LogP contribution is 2.49. The SMILES string of the molecule is COC1CCC2(CC1)Cc1ccc(O)cc1C2=P. The predicted molar refractivity (Wildman–Crippen MR) is 75.9 cm³/mol. The molecule has 2 nitrogen and oxygen atoms in total. The maximum Gasteiger partial charge on any atom is 0.116 e. The second-order valence-electron chi connectivity index (χ2n) is 5.61. The van der Waals surface area contributed by atoms with Gasteiger partial charge in [0.25, 0.3) is 0 Å². The van der Waals surface area contributed by atoms with Crippen molar-refractivity contribution in [3.8, 4) is 5.75 Å².